The maximum absolute atomic E-state index is 10.9. The maximum atomic E-state index is 10.9. The van der Waals surface area contributed by atoms with Crippen LogP contribution in [0.15, 0.2) is 36.7 Å². The number of nitrogens with one attached hydrogen (secondary N) is 1. The number of benzene rings is 1. The molecule has 1 aliphatic heterocycles. The molecule has 1 aromatic carbocycles. The number of hydrogen-bond donors (Lipinski definition) is 2. The van der Waals surface area contributed by atoms with E-state index in [-0.39, 0.29) is 0 Å². The summed E-state index contributed by atoms with van der Waals surface area (Å²) < 4.78 is 5.83. The molecule has 7 heteroatoms. The molecule has 0 unspecified atom stereocenters. The van der Waals surface area contributed by atoms with E-state index >= 15 is 0 Å². The predicted molar refractivity (Wildman–Crippen MR) is 94.6 cm³/mol. The lowest BCUT2D eigenvalue weighted by Gasteiger charge is -2.23. The van der Waals surface area contributed by atoms with E-state index in [0.29, 0.717) is 25.3 Å². The Kier molecular flexibility index (Phi) is 4.01. The van der Waals surface area contributed by atoms with Crippen molar-refractivity contribution in [3.63, 3.8) is 0 Å². The number of β-amino-alcohol motifs (C(OH)–C–C–N with tert-alkyl or cyclic N) is 1. The fourth-order valence-corrected chi connectivity index (χ4v) is 3.37. The molecule has 0 spiro atoms. The standard InChI is InChI=1S/C18H21N5O2/c1-2-10-25-15-5-3-4-13-14(6-8-19-17(13)15)23-9-7-18(24,12-23)16-11-20-22-21-16/h3-6,8,11,24H,2,7,9-10,12H2,1H3,(H,20,21,22)/t18-/m0/s1. The van der Waals surface area contributed by atoms with Crippen molar-refractivity contribution in [2.75, 3.05) is 24.6 Å². The van der Waals surface area contributed by atoms with Crippen LogP contribution in [0.3, 0.4) is 0 Å². The van der Waals surface area contributed by atoms with Gasteiger partial charge in [-0.2, -0.15) is 15.4 Å². The van der Waals surface area contributed by atoms with E-state index in [4.69, 9.17) is 4.74 Å². The summed E-state index contributed by atoms with van der Waals surface area (Å²) in [6.45, 7) is 3.96. The number of ether oxygens (including phenoxy) is 1. The van der Waals surface area contributed by atoms with Crippen LogP contribution < -0.4 is 9.64 Å². The van der Waals surface area contributed by atoms with Crippen LogP contribution >= 0.6 is 0 Å². The van der Waals surface area contributed by atoms with Crippen LogP contribution in [-0.4, -0.2) is 45.2 Å². The van der Waals surface area contributed by atoms with E-state index in [1.807, 2.05) is 24.3 Å². The number of pyridine rings is 1. The van der Waals surface area contributed by atoms with Gasteiger partial charge in [-0.1, -0.05) is 19.1 Å². The second-order valence-corrected chi connectivity index (χ2v) is 6.39. The van der Waals surface area contributed by atoms with E-state index < -0.39 is 5.60 Å². The summed E-state index contributed by atoms with van der Waals surface area (Å²) in [5, 5.41) is 22.4. The third-order valence-corrected chi connectivity index (χ3v) is 4.65. The van der Waals surface area contributed by atoms with E-state index in [1.54, 1.807) is 12.4 Å². The van der Waals surface area contributed by atoms with Gasteiger partial charge in [0.1, 0.15) is 22.6 Å². The minimum absolute atomic E-state index is 0.471. The van der Waals surface area contributed by atoms with Crippen molar-refractivity contribution in [3.05, 3.63) is 42.4 Å². The first-order chi connectivity index (χ1) is 12.2. The Morgan fingerprint density at radius 1 is 1.36 bits per heavy atom. The van der Waals surface area contributed by atoms with Crippen molar-refractivity contribution < 1.29 is 9.84 Å². The molecule has 0 saturated carbocycles. The molecule has 0 aliphatic carbocycles. The summed E-state index contributed by atoms with van der Waals surface area (Å²) in [5.74, 6) is 0.798. The number of rotatable bonds is 5. The Balaban J connectivity index is 1.68. The first kappa shape index (κ1) is 15.8. The van der Waals surface area contributed by atoms with Gasteiger partial charge in [-0.05, 0) is 18.6 Å². The van der Waals surface area contributed by atoms with Crippen LogP contribution in [0.2, 0.25) is 0 Å². The highest BCUT2D eigenvalue weighted by atomic mass is 16.5. The average Bonchev–Trinajstić information content (AvgIpc) is 3.30. The number of H-pyrrole nitrogens is 1. The molecule has 7 nitrogen and oxygen atoms in total. The van der Waals surface area contributed by atoms with Gasteiger partial charge in [0.05, 0.1) is 19.3 Å². The largest absolute Gasteiger partial charge is 0.491 e. The number of aliphatic hydroxyl groups is 1. The Morgan fingerprint density at radius 2 is 2.28 bits per heavy atom. The van der Waals surface area contributed by atoms with Crippen molar-refractivity contribution in [1.29, 1.82) is 0 Å². The molecule has 0 bridgehead atoms. The Labute approximate surface area is 145 Å². The van der Waals surface area contributed by atoms with Gasteiger partial charge >= 0.3 is 0 Å². The summed E-state index contributed by atoms with van der Waals surface area (Å²) in [4.78, 5) is 6.68. The minimum atomic E-state index is -0.987. The van der Waals surface area contributed by atoms with Gasteiger partial charge in [-0.15, -0.1) is 0 Å². The monoisotopic (exact) mass is 339 g/mol. The lowest BCUT2D eigenvalue weighted by molar-refractivity contribution is 0.0560. The highest BCUT2D eigenvalue weighted by Gasteiger charge is 2.40. The van der Waals surface area contributed by atoms with E-state index in [9.17, 15) is 5.11 Å². The molecule has 3 heterocycles. The molecule has 1 atom stereocenters. The summed E-state index contributed by atoms with van der Waals surface area (Å²) in [7, 11) is 0. The van der Waals surface area contributed by atoms with Crippen molar-refractivity contribution in [1.82, 2.24) is 20.4 Å². The zero-order valence-electron chi connectivity index (χ0n) is 14.1. The van der Waals surface area contributed by atoms with Gasteiger partial charge < -0.3 is 14.7 Å². The van der Waals surface area contributed by atoms with Crippen LogP contribution in [0.25, 0.3) is 10.9 Å². The summed E-state index contributed by atoms with van der Waals surface area (Å²) in [6, 6.07) is 7.97. The Hall–Kier alpha value is -2.67. The number of aromatic amines is 1. The number of para-hydroxylation sites is 1. The zero-order valence-corrected chi connectivity index (χ0v) is 14.1. The number of hydrogen-bond acceptors (Lipinski definition) is 6. The molecule has 0 radical (unpaired) electrons. The topological polar surface area (TPSA) is 87.2 Å². The summed E-state index contributed by atoms with van der Waals surface area (Å²) in [5.41, 5.74) is 1.50. The van der Waals surface area contributed by atoms with Gasteiger partial charge in [0.2, 0.25) is 0 Å². The van der Waals surface area contributed by atoms with Crippen molar-refractivity contribution in [3.8, 4) is 5.75 Å². The summed E-state index contributed by atoms with van der Waals surface area (Å²) in [6.07, 6.45) is 4.94. The Bertz CT molecular complexity index is 867. The van der Waals surface area contributed by atoms with Crippen LogP contribution in [0.4, 0.5) is 5.69 Å². The lowest BCUT2D eigenvalue weighted by atomic mass is 10.00. The molecule has 2 N–H and O–H groups in total. The third-order valence-electron chi connectivity index (χ3n) is 4.65. The molecule has 25 heavy (non-hydrogen) atoms. The molecule has 3 aromatic rings. The second-order valence-electron chi connectivity index (χ2n) is 6.39. The van der Waals surface area contributed by atoms with Crippen LogP contribution in [0.5, 0.6) is 5.75 Å². The molecule has 2 aromatic heterocycles. The molecular formula is C18H21N5O2. The molecular weight excluding hydrogens is 318 g/mol. The molecule has 1 aliphatic rings. The molecule has 4 rings (SSSR count). The highest BCUT2D eigenvalue weighted by Crippen LogP contribution is 2.37. The summed E-state index contributed by atoms with van der Waals surface area (Å²) >= 11 is 0. The zero-order chi connectivity index (χ0) is 17.3. The second kappa shape index (κ2) is 6.33. The molecule has 130 valence electrons. The Morgan fingerprint density at radius 3 is 3.08 bits per heavy atom. The quantitative estimate of drug-likeness (QED) is 0.741. The van der Waals surface area contributed by atoms with Gasteiger partial charge in [0.25, 0.3) is 0 Å². The third kappa shape index (κ3) is 2.80. The van der Waals surface area contributed by atoms with Crippen molar-refractivity contribution in [2.24, 2.45) is 0 Å². The number of nitrogens with zero attached hydrogens (tertiary/aromatic N) is 4. The lowest BCUT2D eigenvalue weighted by Crippen LogP contribution is -2.31. The maximum Gasteiger partial charge on any atom is 0.145 e. The van der Waals surface area contributed by atoms with Crippen molar-refractivity contribution in [2.45, 2.75) is 25.4 Å². The number of fused-ring (bicyclic) bond motifs is 1. The predicted octanol–water partition coefficient (Wildman–Crippen LogP) is 2.24. The number of aromatic nitrogens is 4. The SMILES string of the molecule is CCCOc1cccc2c(N3CC[C@@](O)(c4cn[nH]n4)C3)ccnc12. The average molecular weight is 339 g/mol. The number of anilines is 1. The molecule has 1 saturated heterocycles. The van der Waals surface area contributed by atoms with Gasteiger partial charge in [-0.25, -0.2) is 0 Å². The van der Waals surface area contributed by atoms with Gasteiger partial charge in [0, 0.05) is 30.2 Å². The van der Waals surface area contributed by atoms with Crippen LogP contribution in [-0.2, 0) is 5.60 Å². The first-order valence-corrected chi connectivity index (χ1v) is 8.55. The highest BCUT2D eigenvalue weighted by molar-refractivity contribution is 5.95. The van der Waals surface area contributed by atoms with Crippen LogP contribution in [0, 0.1) is 0 Å². The van der Waals surface area contributed by atoms with E-state index in [1.165, 1.54) is 0 Å². The molecule has 0 amide bonds. The molecule has 1 fully saturated rings. The van der Waals surface area contributed by atoms with Crippen molar-refractivity contribution >= 4 is 16.6 Å². The fourth-order valence-electron chi connectivity index (χ4n) is 3.37. The van der Waals surface area contributed by atoms with Gasteiger partial charge in [-0.3, -0.25) is 4.98 Å². The first-order valence-electron chi connectivity index (χ1n) is 8.55. The van der Waals surface area contributed by atoms with Gasteiger partial charge in [0.15, 0.2) is 0 Å². The smallest absolute Gasteiger partial charge is 0.145 e. The minimum Gasteiger partial charge on any atom is -0.491 e. The van der Waals surface area contributed by atoms with E-state index in [0.717, 1.165) is 35.3 Å². The normalized spacial score (nSPS) is 20.3. The fraction of sp³-hybridized carbons (Fsp3) is 0.389. The van der Waals surface area contributed by atoms with Crippen LogP contribution in [0.1, 0.15) is 25.5 Å². The van der Waals surface area contributed by atoms with E-state index in [2.05, 4.69) is 32.2 Å².